The average Bonchev–Trinajstić information content (AvgIpc) is 2.32. The molecule has 5 heteroatoms. The van der Waals surface area contributed by atoms with Gasteiger partial charge in [0.2, 0.25) is 0 Å². The number of amides is 1. The van der Waals surface area contributed by atoms with Gasteiger partial charge in [-0.05, 0) is 38.1 Å². The highest BCUT2D eigenvalue weighted by atomic mass is 16.4. The van der Waals surface area contributed by atoms with Crippen LogP contribution in [0.15, 0.2) is 24.3 Å². The van der Waals surface area contributed by atoms with E-state index in [4.69, 9.17) is 10.8 Å². The quantitative estimate of drug-likeness (QED) is 0.745. The van der Waals surface area contributed by atoms with Gasteiger partial charge >= 0.3 is 6.09 Å². The fourth-order valence-electron chi connectivity index (χ4n) is 2.42. The molecule has 1 amide bonds. The van der Waals surface area contributed by atoms with E-state index in [9.17, 15) is 4.79 Å². The van der Waals surface area contributed by atoms with Gasteiger partial charge in [-0.3, -0.25) is 0 Å². The molecule has 0 aliphatic carbocycles. The van der Waals surface area contributed by atoms with Crippen LogP contribution in [-0.4, -0.2) is 41.3 Å². The van der Waals surface area contributed by atoms with Crippen molar-refractivity contribution in [3.63, 3.8) is 0 Å². The van der Waals surface area contributed by atoms with E-state index in [0.717, 1.165) is 11.4 Å². The van der Waals surface area contributed by atoms with Gasteiger partial charge in [-0.15, -0.1) is 0 Å². The molecule has 1 aliphatic heterocycles. The number of nitrogens with two attached hydrogens (primary N) is 1. The molecule has 2 rings (SSSR count). The topological polar surface area (TPSA) is 69.8 Å². The first kappa shape index (κ1) is 12.5. The first-order valence-electron chi connectivity index (χ1n) is 6.11. The summed E-state index contributed by atoms with van der Waals surface area (Å²) in [5, 5.41) is 9.11. The second-order valence-electron chi connectivity index (χ2n) is 4.88. The van der Waals surface area contributed by atoms with Crippen LogP contribution in [0.2, 0.25) is 0 Å². The highest BCUT2D eigenvalue weighted by molar-refractivity contribution is 5.66. The number of nitrogen functional groups attached to an aromatic ring is 1. The van der Waals surface area contributed by atoms with Gasteiger partial charge < -0.3 is 20.6 Å². The molecule has 1 saturated heterocycles. The van der Waals surface area contributed by atoms with Crippen molar-refractivity contribution < 1.29 is 9.90 Å². The molecule has 0 unspecified atom stereocenters. The van der Waals surface area contributed by atoms with Crippen LogP contribution in [0.3, 0.4) is 0 Å². The van der Waals surface area contributed by atoms with Gasteiger partial charge in [-0.2, -0.15) is 0 Å². The number of hydrogen-bond donors (Lipinski definition) is 2. The number of rotatable bonds is 1. The zero-order valence-electron chi connectivity index (χ0n) is 10.7. The van der Waals surface area contributed by atoms with Crippen LogP contribution >= 0.6 is 0 Å². The summed E-state index contributed by atoms with van der Waals surface area (Å²) in [4.78, 5) is 14.8. The van der Waals surface area contributed by atoms with Crippen molar-refractivity contribution in [2.24, 2.45) is 0 Å². The molecule has 18 heavy (non-hydrogen) atoms. The van der Waals surface area contributed by atoms with E-state index in [0.29, 0.717) is 13.1 Å². The van der Waals surface area contributed by atoms with E-state index in [1.165, 1.54) is 4.90 Å². The summed E-state index contributed by atoms with van der Waals surface area (Å²) in [7, 11) is 0. The molecular weight excluding hydrogens is 230 g/mol. The predicted molar refractivity (Wildman–Crippen MR) is 71.9 cm³/mol. The highest BCUT2D eigenvalue weighted by Gasteiger charge is 2.31. The summed E-state index contributed by atoms with van der Waals surface area (Å²) in [6, 6.07) is 7.87. The summed E-state index contributed by atoms with van der Waals surface area (Å²) in [5.74, 6) is 0. The van der Waals surface area contributed by atoms with Crippen LogP contribution in [0.4, 0.5) is 16.2 Å². The maximum absolute atomic E-state index is 11.1. The number of carbonyl (C=O) groups is 1. The summed E-state index contributed by atoms with van der Waals surface area (Å²) < 4.78 is 0. The molecule has 0 spiro atoms. The third-order valence-corrected chi connectivity index (χ3v) is 3.46. The minimum atomic E-state index is -0.841. The van der Waals surface area contributed by atoms with Gasteiger partial charge in [0.15, 0.2) is 0 Å². The maximum Gasteiger partial charge on any atom is 0.407 e. The van der Waals surface area contributed by atoms with E-state index in [1.54, 1.807) is 0 Å². The van der Waals surface area contributed by atoms with Crippen molar-refractivity contribution in [1.29, 1.82) is 0 Å². The number of anilines is 2. The van der Waals surface area contributed by atoms with E-state index in [-0.39, 0.29) is 12.1 Å². The molecule has 1 heterocycles. The fourth-order valence-corrected chi connectivity index (χ4v) is 2.42. The SMILES string of the molecule is C[C@@H]1CN(c2ccc(N)cc2)[C@@H](C)CN1C(=O)O. The number of nitrogens with zero attached hydrogens (tertiary/aromatic N) is 2. The van der Waals surface area contributed by atoms with Crippen molar-refractivity contribution >= 4 is 17.5 Å². The molecule has 0 saturated carbocycles. The van der Waals surface area contributed by atoms with E-state index in [2.05, 4.69) is 4.90 Å². The lowest BCUT2D eigenvalue weighted by Crippen LogP contribution is -2.58. The number of benzene rings is 1. The van der Waals surface area contributed by atoms with Crippen LogP contribution in [-0.2, 0) is 0 Å². The van der Waals surface area contributed by atoms with Gasteiger partial charge in [-0.25, -0.2) is 4.79 Å². The van der Waals surface area contributed by atoms with Crippen LogP contribution in [0.5, 0.6) is 0 Å². The monoisotopic (exact) mass is 249 g/mol. The fraction of sp³-hybridized carbons (Fsp3) is 0.462. The number of piperazine rings is 1. The summed E-state index contributed by atoms with van der Waals surface area (Å²) in [6.07, 6.45) is -0.841. The van der Waals surface area contributed by atoms with Crippen LogP contribution < -0.4 is 10.6 Å². The minimum Gasteiger partial charge on any atom is -0.465 e. The Kier molecular flexibility index (Phi) is 3.32. The van der Waals surface area contributed by atoms with Crippen LogP contribution in [0, 0.1) is 0 Å². The van der Waals surface area contributed by atoms with Gasteiger partial charge in [0.25, 0.3) is 0 Å². The molecule has 2 atom stereocenters. The lowest BCUT2D eigenvalue weighted by atomic mass is 10.1. The first-order valence-corrected chi connectivity index (χ1v) is 6.11. The van der Waals surface area contributed by atoms with Crippen molar-refractivity contribution in [3.05, 3.63) is 24.3 Å². The van der Waals surface area contributed by atoms with E-state index in [1.807, 2.05) is 38.1 Å². The minimum absolute atomic E-state index is 0.00347. The highest BCUT2D eigenvalue weighted by Crippen LogP contribution is 2.24. The van der Waals surface area contributed by atoms with Crippen molar-refractivity contribution in [2.45, 2.75) is 25.9 Å². The normalized spacial score (nSPS) is 24.1. The summed E-state index contributed by atoms with van der Waals surface area (Å²) >= 11 is 0. The van der Waals surface area contributed by atoms with Gasteiger partial charge in [0, 0.05) is 36.5 Å². The Labute approximate surface area is 107 Å². The van der Waals surface area contributed by atoms with E-state index >= 15 is 0 Å². The first-order chi connectivity index (χ1) is 8.49. The second kappa shape index (κ2) is 4.76. The standard InChI is InChI=1S/C13H19N3O2/c1-9-8-16(13(17)18)10(2)7-15(9)12-5-3-11(14)4-6-12/h3-6,9-10H,7-8,14H2,1-2H3,(H,17,18)/t9-,10+/m0/s1. The molecule has 1 aromatic carbocycles. The molecule has 3 N–H and O–H groups in total. The molecule has 1 aromatic rings. The van der Waals surface area contributed by atoms with E-state index < -0.39 is 6.09 Å². The van der Waals surface area contributed by atoms with Crippen molar-refractivity contribution in [2.75, 3.05) is 23.7 Å². The van der Waals surface area contributed by atoms with Crippen molar-refractivity contribution in [1.82, 2.24) is 4.90 Å². The largest absolute Gasteiger partial charge is 0.465 e. The van der Waals surface area contributed by atoms with Crippen LogP contribution in [0.25, 0.3) is 0 Å². The van der Waals surface area contributed by atoms with Gasteiger partial charge in [0.05, 0.1) is 0 Å². The zero-order valence-corrected chi connectivity index (χ0v) is 10.7. The van der Waals surface area contributed by atoms with Gasteiger partial charge in [-0.1, -0.05) is 0 Å². The number of hydrogen-bond acceptors (Lipinski definition) is 3. The lowest BCUT2D eigenvalue weighted by Gasteiger charge is -2.44. The zero-order chi connectivity index (χ0) is 13.3. The van der Waals surface area contributed by atoms with Crippen LogP contribution in [0.1, 0.15) is 13.8 Å². The lowest BCUT2D eigenvalue weighted by molar-refractivity contribution is 0.114. The molecule has 0 bridgehead atoms. The van der Waals surface area contributed by atoms with Crippen molar-refractivity contribution in [3.8, 4) is 0 Å². The Morgan fingerprint density at radius 1 is 1.22 bits per heavy atom. The molecule has 5 nitrogen and oxygen atoms in total. The Morgan fingerprint density at radius 2 is 1.83 bits per heavy atom. The molecule has 1 fully saturated rings. The molecule has 98 valence electrons. The average molecular weight is 249 g/mol. The summed E-state index contributed by atoms with van der Waals surface area (Å²) in [6.45, 7) is 5.21. The maximum atomic E-state index is 11.1. The Morgan fingerprint density at radius 3 is 2.39 bits per heavy atom. The summed E-state index contributed by atoms with van der Waals surface area (Å²) in [5.41, 5.74) is 7.51. The Hall–Kier alpha value is -1.91. The van der Waals surface area contributed by atoms with Gasteiger partial charge in [0.1, 0.15) is 0 Å². The smallest absolute Gasteiger partial charge is 0.407 e. The second-order valence-corrected chi connectivity index (χ2v) is 4.88. The third kappa shape index (κ3) is 2.34. The molecular formula is C13H19N3O2. The molecule has 0 aromatic heterocycles. The molecule has 0 radical (unpaired) electrons. The number of carboxylic acid groups (broad SMARTS) is 1. The Balaban J connectivity index is 2.16. The predicted octanol–water partition coefficient (Wildman–Crippen LogP) is 1.85. The third-order valence-electron chi connectivity index (χ3n) is 3.46. The molecule has 1 aliphatic rings. The Bertz CT molecular complexity index is 432.